The second kappa shape index (κ2) is 2.74. The maximum Gasteiger partial charge on any atom is 0.198 e. The van der Waals surface area contributed by atoms with E-state index in [-0.39, 0.29) is 5.75 Å². The molecule has 1 aliphatic carbocycles. The van der Waals surface area contributed by atoms with Gasteiger partial charge >= 0.3 is 0 Å². The van der Waals surface area contributed by atoms with Crippen LogP contribution in [0.25, 0.3) is 11.1 Å². The van der Waals surface area contributed by atoms with Crippen molar-refractivity contribution in [3.05, 3.63) is 24.1 Å². The van der Waals surface area contributed by atoms with Crippen molar-refractivity contribution < 1.29 is 9.52 Å². The van der Waals surface area contributed by atoms with Crippen LogP contribution in [0.15, 0.2) is 22.6 Å². The number of hydrogen-bond acceptors (Lipinski definition) is 3. The molecule has 0 amide bonds. The van der Waals surface area contributed by atoms with Crippen LogP contribution in [0.5, 0.6) is 5.75 Å². The summed E-state index contributed by atoms with van der Waals surface area (Å²) in [7, 11) is 0. The first kappa shape index (κ1) is 7.85. The van der Waals surface area contributed by atoms with Crippen LogP contribution < -0.4 is 0 Å². The van der Waals surface area contributed by atoms with Gasteiger partial charge in [-0.1, -0.05) is 6.42 Å². The van der Waals surface area contributed by atoms with Crippen molar-refractivity contribution >= 4 is 11.1 Å². The first-order chi connectivity index (χ1) is 6.83. The van der Waals surface area contributed by atoms with Crippen LogP contribution in [0, 0.1) is 0 Å². The first-order valence-corrected chi connectivity index (χ1v) is 4.92. The van der Waals surface area contributed by atoms with Gasteiger partial charge in [-0.2, -0.15) is 0 Å². The fourth-order valence-electron chi connectivity index (χ4n) is 1.76. The maximum absolute atomic E-state index is 9.27. The van der Waals surface area contributed by atoms with Crippen molar-refractivity contribution in [1.82, 2.24) is 4.98 Å². The van der Waals surface area contributed by atoms with E-state index < -0.39 is 0 Å². The second-order valence-corrected chi connectivity index (χ2v) is 3.83. The number of phenols is 1. The molecular weight excluding hydrogens is 178 g/mol. The molecule has 2 aromatic rings. The molecule has 1 aromatic heterocycles. The summed E-state index contributed by atoms with van der Waals surface area (Å²) in [6, 6.07) is 5.03. The van der Waals surface area contributed by atoms with Crippen molar-refractivity contribution in [2.45, 2.75) is 25.2 Å². The molecule has 0 unspecified atom stereocenters. The van der Waals surface area contributed by atoms with Crippen molar-refractivity contribution in [2.24, 2.45) is 0 Å². The van der Waals surface area contributed by atoms with Crippen LogP contribution in [0.3, 0.4) is 0 Å². The SMILES string of the molecule is Oc1ccc2oc(C3CCC3)nc2c1. The van der Waals surface area contributed by atoms with E-state index in [4.69, 9.17) is 4.42 Å². The molecule has 1 saturated carbocycles. The Bertz CT molecular complexity index is 471. The number of fused-ring (bicyclic) bond motifs is 1. The Hall–Kier alpha value is -1.51. The number of aromatic nitrogens is 1. The fourth-order valence-corrected chi connectivity index (χ4v) is 1.76. The Morgan fingerprint density at radius 2 is 2.21 bits per heavy atom. The van der Waals surface area contributed by atoms with E-state index in [2.05, 4.69) is 4.98 Å². The van der Waals surface area contributed by atoms with Gasteiger partial charge in [0, 0.05) is 12.0 Å². The standard InChI is InChI=1S/C11H11NO2/c13-8-4-5-10-9(6-8)12-11(14-10)7-2-1-3-7/h4-7,13H,1-3H2. The molecule has 1 N–H and O–H groups in total. The maximum atomic E-state index is 9.27. The Labute approximate surface area is 81.4 Å². The third kappa shape index (κ3) is 1.09. The summed E-state index contributed by atoms with van der Waals surface area (Å²) in [5, 5.41) is 9.27. The number of rotatable bonds is 1. The number of phenolic OH excluding ortho intramolecular Hbond substituents is 1. The number of aromatic hydroxyl groups is 1. The molecule has 1 heterocycles. The summed E-state index contributed by atoms with van der Waals surface area (Å²) in [6.07, 6.45) is 3.63. The van der Waals surface area contributed by atoms with Gasteiger partial charge < -0.3 is 9.52 Å². The molecule has 0 radical (unpaired) electrons. The zero-order chi connectivity index (χ0) is 9.54. The zero-order valence-corrected chi connectivity index (χ0v) is 7.73. The average molecular weight is 189 g/mol. The highest BCUT2D eigenvalue weighted by Gasteiger charge is 2.24. The molecule has 0 saturated heterocycles. The van der Waals surface area contributed by atoms with Crippen molar-refractivity contribution in [3.63, 3.8) is 0 Å². The summed E-state index contributed by atoms with van der Waals surface area (Å²) in [4.78, 5) is 4.37. The average Bonchev–Trinajstić information content (AvgIpc) is 2.43. The van der Waals surface area contributed by atoms with E-state index in [9.17, 15) is 5.11 Å². The molecule has 0 spiro atoms. The molecular formula is C11H11NO2. The lowest BCUT2D eigenvalue weighted by Crippen LogP contribution is -2.08. The summed E-state index contributed by atoms with van der Waals surface area (Å²) < 4.78 is 5.60. The minimum absolute atomic E-state index is 0.242. The molecule has 1 aromatic carbocycles. The Balaban J connectivity index is 2.10. The summed E-state index contributed by atoms with van der Waals surface area (Å²) in [6.45, 7) is 0. The van der Waals surface area contributed by atoms with Crippen molar-refractivity contribution in [2.75, 3.05) is 0 Å². The van der Waals surface area contributed by atoms with Gasteiger partial charge in [0.05, 0.1) is 0 Å². The van der Waals surface area contributed by atoms with E-state index in [0.717, 1.165) is 17.0 Å². The minimum Gasteiger partial charge on any atom is -0.508 e. The lowest BCUT2D eigenvalue weighted by molar-refractivity contribution is 0.344. The normalized spacial score (nSPS) is 17.1. The lowest BCUT2D eigenvalue weighted by Gasteiger charge is -2.21. The quantitative estimate of drug-likeness (QED) is 0.750. The number of hydrogen-bond donors (Lipinski definition) is 1. The van der Waals surface area contributed by atoms with Crippen LogP contribution in [0.1, 0.15) is 31.1 Å². The van der Waals surface area contributed by atoms with Gasteiger partial charge in [-0.3, -0.25) is 0 Å². The third-order valence-electron chi connectivity index (χ3n) is 2.84. The monoisotopic (exact) mass is 189 g/mol. The largest absolute Gasteiger partial charge is 0.508 e. The molecule has 3 heteroatoms. The Kier molecular flexibility index (Phi) is 1.54. The fraction of sp³-hybridized carbons (Fsp3) is 0.364. The van der Waals surface area contributed by atoms with Gasteiger partial charge in [0.25, 0.3) is 0 Å². The number of nitrogens with zero attached hydrogens (tertiary/aromatic N) is 1. The number of benzene rings is 1. The highest BCUT2D eigenvalue weighted by atomic mass is 16.3. The Morgan fingerprint density at radius 3 is 2.93 bits per heavy atom. The van der Waals surface area contributed by atoms with Gasteiger partial charge in [-0.05, 0) is 25.0 Å². The summed E-state index contributed by atoms with van der Waals surface area (Å²) >= 11 is 0. The van der Waals surface area contributed by atoms with E-state index in [1.165, 1.54) is 19.3 Å². The van der Waals surface area contributed by atoms with Gasteiger partial charge in [-0.15, -0.1) is 0 Å². The molecule has 0 bridgehead atoms. The van der Waals surface area contributed by atoms with Crippen LogP contribution in [-0.4, -0.2) is 10.1 Å². The van der Waals surface area contributed by atoms with Crippen LogP contribution in [-0.2, 0) is 0 Å². The third-order valence-corrected chi connectivity index (χ3v) is 2.84. The van der Waals surface area contributed by atoms with Crippen molar-refractivity contribution in [1.29, 1.82) is 0 Å². The van der Waals surface area contributed by atoms with Crippen molar-refractivity contribution in [3.8, 4) is 5.75 Å². The summed E-state index contributed by atoms with van der Waals surface area (Å²) in [5.74, 6) is 1.58. The van der Waals surface area contributed by atoms with E-state index >= 15 is 0 Å². The van der Waals surface area contributed by atoms with Gasteiger partial charge in [0.1, 0.15) is 11.3 Å². The highest BCUT2D eigenvalue weighted by molar-refractivity contribution is 5.74. The Morgan fingerprint density at radius 1 is 1.36 bits per heavy atom. The highest BCUT2D eigenvalue weighted by Crippen LogP contribution is 2.37. The lowest BCUT2D eigenvalue weighted by atomic mass is 9.85. The predicted octanol–water partition coefficient (Wildman–Crippen LogP) is 2.80. The minimum atomic E-state index is 0.242. The molecule has 14 heavy (non-hydrogen) atoms. The second-order valence-electron chi connectivity index (χ2n) is 3.83. The van der Waals surface area contributed by atoms with Crippen LogP contribution in [0.2, 0.25) is 0 Å². The van der Waals surface area contributed by atoms with Crippen LogP contribution in [0.4, 0.5) is 0 Å². The molecule has 3 rings (SSSR count). The van der Waals surface area contributed by atoms with Gasteiger partial charge in [0.15, 0.2) is 11.5 Å². The van der Waals surface area contributed by atoms with Crippen LogP contribution >= 0.6 is 0 Å². The zero-order valence-electron chi connectivity index (χ0n) is 7.73. The van der Waals surface area contributed by atoms with Gasteiger partial charge in [-0.25, -0.2) is 4.98 Å². The van der Waals surface area contributed by atoms with E-state index in [0.29, 0.717) is 5.92 Å². The molecule has 1 fully saturated rings. The van der Waals surface area contributed by atoms with E-state index in [1.807, 2.05) is 0 Å². The first-order valence-electron chi connectivity index (χ1n) is 4.92. The summed E-state index contributed by atoms with van der Waals surface area (Å²) in [5.41, 5.74) is 1.52. The van der Waals surface area contributed by atoms with Gasteiger partial charge in [0.2, 0.25) is 0 Å². The molecule has 72 valence electrons. The van der Waals surface area contributed by atoms with E-state index in [1.54, 1.807) is 18.2 Å². The predicted molar refractivity (Wildman–Crippen MR) is 52.3 cm³/mol. The smallest absolute Gasteiger partial charge is 0.198 e. The molecule has 0 atom stereocenters. The molecule has 3 nitrogen and oxygen atoms in total. The number of oxazole rings is 1. The molecule has 0 aliphatic heterocycles. The topological polar surface area (TPSA) is 46.3 Å². The molecule has 1 aliphatic rings.